The highest BCUT2D eigenvalue weighted by Gasteiger charge is 2.28. The van der Waals surface area contributed by atoms with Gasteiger partial charge in [0.25, 0.3) is 0 Å². The predicted molar refractivity (Wildman–Crippen MR) is 74.4 cm³/mol. The minimum absolute atomic E-state index is 0.0131. The van der Waals surface area contributed by atoms with Gasteiger partial charge in [0.2, 0.25) is 0 Å². The number of H-pyrrole nitrogens is 1. The van der Waals surface area contributed by atoms with Crippen LogP contribution in [0.4, 0.5) is 0 Å². The maximum Gasteiger partial charge on any atom is 0.136 e. The normalized spacial score (nSPS) is 14.8. The van der Waals surface area contributed by atoms with E-state index in [1.807, 2.05) is 6.20 Å². The van der Waals surface area contributed by atoms with Crippen molar-refractivity contribution in [1.82, 2.24) is 15.3 Å². The van der Waals surface area contributed by atoms with Gasteiger partial charge in [0.05, 0.1) is 0 Å². The standard InChI is InChI=1S/C14H27N3O/c1-13(2,3)11(18-7)12-15-8-10(17-12)9-16-14(4,5)6/h8,11,16H,9H2,1-7H3,(H,15,17). The van der Waals surface area contributed by atoms with Gasteiger partial charge in [-0.1, -0.05) is 20.8 Å². The summed E-state index contributed by atoms with van der Waals surface area (Å²) in [4.78, 5) is 7.78. The first-order valence-corrected chi connectivity index (χ1v) is 6.45. The SMILES string of the molecule is COC(c1ncc(CNC(C)(C)C)[nH]1)C(C)(C)C. The van der Waals surface area contributed by atoms with Gasteiger partial charge in [-0.2, -0.15) is 0 Å². The van der Waals surface area contributed by atoms with Crippen LogP contribution in [0.3, 0.4) is 0 Å². The number of nitrogens with zero attached hydrogens (tertiary/aromatic N) is 1. The molecule has 1 aromatic rings. The molecule has 0 aliphatic carbocycles. The van der Waals surface area contributed by atoms with Crippen LogP contribution in [0, 0.1) is 5.41 Å². The summed E-state index contributed by atoms with van der Waals surface area (Å²) in [5.74, 6) is 0.899. The van der Waals surface area contributed by atoms with Crippen molar-refractivity contribution in [3.8, 4) is 0 Å². The predicted octanol–water partition coefficient (Wildman–Crippen LogP) is 3.03. The molecule has 0 radical (unpaired) electrons. The highest BCUT2D eigenvalue weighted by atomic mass is 16.5. The van der Waals surface area contributed by atoms with E-state index < -0.39 is 0 Å². The van der Waals surface area contributed by atoms with E-state index >= 15 is 0 Å². The van der Waals surface area contributed by atoms with Gasteiger partial charge in [0, 0.05) is 31.1 Å². The molecule has 18 heavy (non-hydrogen) atoms. The number of nitrogens with one attached hydrogen (secondary N) is 2. The minimum atomic E-state index is -0.0131. The molecule has 4 heteroatoms. The van der Waals surface area contributed by atoms with Crippen molar-refractivity contribution >= 4 is 0 Å². The topological polar surface area (TPSA) is 49.9 Å². The maximum atomic E-state index is 5.55. The summed E-state index contributed by atoms with van der Waals surface area (Å²) in [6, 6.07) is 0. The lowest BCUT2D eigenvalue weighted by Gasteiger charge is -2.27. The fourth-order valence-corrected chi connectivity index (χ4v) is 1.84. The summed E-state index contributed by atoms with van der Waals surface area (Å²) in [5.41, 5.74) is 1.23. The van der Waals surface area contributed by atoms with Crippen LogP contribution in [0.1, 0.15) is 59.2 Å². The highest BCUT2D eigenvalue weighted by Crippen LogP contribution is 2.33. The van der Waals surface area contributed by atoms with Crippen molar-refractivity contribution in [1.29, 1.82) is 0 Å². The Kier molecular flexibility index (Phi) is 4.56. The number of hydrogen-bond donors (Lipinski definition) is 2. The van der Waals surface area contributed by atoms with Crippen LogP contribution >= 0.6 is 0 Å². The second-order valence-corrected chi connectivity index (χ2v) is 6.88. The molecule has 0 aromatic carbocycles. The summed E-state index contributed by atoms with van der Waals surface area (Å²) in [6.07, 6.45) is 1.87. The van der Waals surface area contributed by atoms with E-state index in [0.29, 0.717) is 0 Å². The molecule has 2 N–H and O–H groups in total. The zero-order valence-corrected chi connectivity index (χ0v) is 12.7. The van der Waals surface area contributed by atoms with E-state index in [4.69, 9.17) is 4.74 Å². The zero-order chi connectivity index (χ0) is 14.0. The van der Waals surface area contributed by atoms with Gasteiger partial charge in [-0.3, -0.25) is 0 Å². The molecular formula is C14H27N3O. The first kappa shape index (κ1) is 15.2. The number of hydrogen-bond acceptors (Lipinski definition) is 3. The molecule has 0 fully saturated rings. The van der Waals surface area contributed by atoms with E-state index in [2.05, 4.69) is 56.8 Å². The molecule has 1 rings (SSSR count). The van der Waals surface area contributed by atoms with Crippen LogP contribution in [0.15, 0.2) is 6.20 Å². The molecule has 1 aromatic heterocycles. The van der Waals surface area contributed by atoms with Gasteiger partial charge in [-0.25, -0.2) is 4.98 Å². The van der Waals surface area contributed by atoms with Crippen LogP contribution in [0.2, 0.25) is 0 Å². The Bertz CT molecular complexity index is 371. The van der Waals surface area contributed by atoms with E-state index in [1.54, 1.807) is 7.11 Å². The van der Waals surface area contributed by atoms with Gasteiger partial charge in [-0.15, -0.1) is 0 Å². The lowest BCUT2D eigenvalue weighted by molar-refractivity contribution is 0.00918. The van der Waals surface area contributed by atoms with Crippen molar-refractivity contribution in [2.24, 2.45) is 5.41 Å². The molecule has 4 nitrogen and oxygen atoms in total. The van der Waals surface area contributed by atoms with Crippen molar-refractivity contribution < 1.29 is 4.74 Å². The average molecular weight is 253 g/mol. The van der Waals surface area contributed by atoms with Gasteiger partial charge >= 0.3 is 0 Å². The summed E-state index contributed by atoms with van der Waals surface area (Å²) < 4.78 is 5.55. The number of methoxy groups -OCH3 is 1. The minimum Gasteiger partial charge on any atom is -0.373 e. The van der Waals surface area contributed by atoms with E-state index in [0.717, 1.165) is 18.1 Å². The van der Waals surface area contributed by atoms with Crippen LogP contribution in [0.5, 0.6) is 0 Å². The second-order valence-electron chi connectivity index (χ2n) is 6.88. The smallest absolute Gasteiger partial charge is 0.136 e. The Hall–Kier alpha value is -0.870. The summed E-state index contributed by atoms with van der Waals surface area (Å²) in [6.45, 7) is 13.7. The van der Waals surface area contributed by atoms with Crippen molar-refractivity contribution in [3.05, 3.63) is 17.7 Å². The Labute approximate surface area is 111 Å². The van der Waals surface area contributed by atoms with Gasteiger partial charge in [0.15, 0.2) is 0 Å². The first-order valence-electron chi connectivity index (χ1n) is 6.45. The number of rotatable bonds is 4. The van der Waals surface area contributed by atoms with Crippen LogP contribution in [-0.4, -0.2) is 22.6 Å². The third-order valence-corrected chi connectivity index (χ3v) is 2.73. The fraction of sp³-hybridized carbons (Fsp3) is 0.786. The fourth-order valence-electron chi connectivity index (χ4n) is 1.84. The number of ether oxygens (including phenoxy) is 1. The molecule has 1 atom stereocenters. The Balaban J connectivity index is 2.73. The summed E-state index contributed by atoms with van der Waals surface area (Å²) >= 11 is 0. The third-order valence-electron chi connectivity index (χ3n) is 2.73. The molecule has 1 unspecified atom stereocenters. The van der Waals surface area contributed by atoms with Crippen molar-refractivity contribution in [3.63, 3.8) is 0 Å². The van der Waals surface area contributed by atoms with Gasteiger partial charge in [-0.05, 0) is 26.2 Å². The van der Waals surface area contributed by atoms with E-state index in [-0.39, 0.29) is 17.1 Å². The average Bonchev–Trinajstić information content (AvgIpc) is 2.61. The molecule has 0 aliphatic rings. The Morgan fingerprint density at radius 1 is 1.28 bits per heavy atom. The molecule has 0 saturated carbocycles. The second kappa shape index (κ2) is 5.41. The van der Waals surface area contributed by atoms with Crippen LogP contribution in [0.25, 0.3) is 0 Å². The highest BCUT2D eigenvalue weighted by molar-refractivity contribution is 5.06. The number of aromatic nitrogens is 2. The quantitative estimate of drug-likeness (QED) is 0.867. The van der Waals surface area contributed by atoms with E-state index in [9.17, 15) is 0 Å². The van der Waals surface area contributed by atoms with Crippen molar-refractivity contribution in [2.75, 3.05) is 7.11 Å². The molecule has 0 aliphatic heterocycles. The van der Waals surface area contributed by atoms with Gasteiger partial charge in [0.1, 0.15) is 11.9 Å². The molecule has 0 amide bonds. The third kappa shape index (κ3) is 4.42. The monoisotopic (exact) mass is 253 g/mol. The van der Waals surface area contributed by atoms with E-state index in [1.165, 1.54) is 0 Å². The molecule has 0 spiro atoms. The number of imidazole rings is 1. The molecule has 0 saturated heterocycles. The van der Waals surface area contributed by atoms with Crippen LogP contribution in [-0.2, 0) is 11.3 Å². The number of aromatic amines is 1. The van der Waals surface area contributed by atoms with Crippen LogP contribution < -0.4 is 5.32 Å². The van der Waals surface area contributed by atoms with Crippen molar-refractivity contribution in [2.45, 2.75) is 59.7 Å². The lowest BCUT2D eigenvalue weighted by Crippen LogP contribution is -2.35. The lowest BCUT2D eigenvalue weighted by atomic mass is 9.88. The van der Waals surface area contributed by atoms with Gasteiger partial charge < -0.3 is 15.0 Å². The first-order chi connectivity index (χ1) is 8.13. The Morgan fingerprint density at radius 2 is 1.89 bits per heavy atom. The molecule has 1 heterocycles. The zero-order valence-electron chi connectivity index (χ0n) is 12.7. The summed E-state index contributed by atoms with van der Waals surface area (Å²) in [7, 11) is 1.73. The summed E-state index contributed by atoms with van der Waals surface area (Å²) in [5, 5.41) is 3.44. The Morgan fingerprint density at radius 3 is 2.33 bits per heavy atom. The molecule has 104 valence electrons. The largest absolute Gasteiger partial charge is 0.373 e. The maximum absolute atomic E-state index is 5.55. The molecule has 0 bridgehead atoms. The molecular weight excluding hydrogens is 226 g/mol.